The Labute approximate surface area is 103 Å². The summed E-state index contributed by atoms with van der Waals surface area (Å²) in [6, 6.07) is 0.516. The average molecular weight is 238 g/mol. The largest absolute Gasteiger partial charge is 0.314 e. The molecule has 2 rings (SSSR count). The maximum atomic E-state index is 11.7. The Balaban J connectivity index is 1.72. The van der Waals surface area contributed by atoms with E-state index in [1.165, 1.54) is 4.90 Å². The molecule has 4 nitrogen and oxygen atoms in total. The van der Waals surface area contributed by atoms with Gasteiger partial charge in [-0.25, -0.2) is 0 Å². The Bertz CT molecular complexity index is 297. The fraction of sp³-hybridized carbons (Fsp3) is 0.846. The molecule has 0 aromatic heterocycles. The highest BCUT2D eigenvalue weighted by atomic mass is 16.2. The van der Waals surface area contributed by atoms with Gasteiger partial charge in [0.15, 0.2) is 0 Å². The number of imide groups is 1. The van der Waals surface area contributed by atoms with Crippen LogP contribution in [0.2, 0.25) is 0 Å². The Morgan fingerprint density at radius 3 is 2.47 bits per heavy atom. The molecule has 1 heterocycles. The maximum Gasteiger partial charge on any atom is 0.233 e. The van der Waals surface area contributed by atoms with E-state index >= 15 is 0 Å². The van der Waals surface area contributed by atoms with Crippen LogP contribution in [0.5, 0.6) is 0 Å². The zero-order valence-corrected chi connectivity index (χ0v) is 10.7. The zero-order valence-electron chi connectivity index (χ0n) is 10.7. The fourth-order valence-electron chi connectivity index (χ4n) is 2.71. The van der Waals surface area contributed by atoms with Gasteiger partial charge in [0.1, 0.15) is 0 Å². The van der Waals surface area contributed by atoms with E-state index in [9.17, 15) is 9.59 Å². The third kappa shape index (κ3) is 2.51. The lowest BCUT2D eigenvalue weighted by atomic mass is 10.1. The van der Waals surface area contributed by atoms with E-state index in [1.54, 1.807) is 0 Å². The third-order valence-corrected chi connectivity index (χ3v) is 3.88. The summed E-state index contributed by atoms with van der Waals surface area (Å²) in [6.45, 7) is 5.86. The lowest BCUT2D eigenvalue weighted by molar-refractivity contribution is -0.141. The summed E-state index contributed by atoms with van der Waals surface area (Å²) in [4.78, 5) is 24.9. The fourth-order valence-corrected chi connectivity index (χ4v) is 2.71. The molecule has 0 aromatic rings. The number of hydrogen-bond acceptors (Lipinski definition) is 3. The maximum absolute atomic E-state index is 11.7. The summed E-state index contributed by atoms with van der Waals surface area (Å²) in [6.07, 6.45) is 3.86. The first kappa shape index (κ1) is 12.6. The van der Waals surface area contributed by atoms with E-state index in [-0.39, 0.29) is 23.7 Å². The number of nitrogens with one attached hydrogen (secondary N) is 1. The van der Waals surface area contributed by atoms with Gasteiger partial charge in [-0.05, 0) is 32.2 Å². The number of piperidine rings is 1. The molecule has 96 valence electrons. The van der Waals surface area contributed by atoms with Crippen LogP contribution in [0.4, 0.5) is 0 Å². The third-order valence-electron chi connectivity index (χ3n) is 3.88. The van der Waals surface area contributed by atoms with Crippen molar-refractivity contribution in [2.24, 2.45) is 11.8 Å². The van der Waals surface area contributed by atoms with Gasteiger partial charge >= 0.3 is 0 Å². The van der Waals surface area contributed by atoms with Crippen molar-refractivity contribution in [3.05, 3.63) is 0 Å². The lowest BCUT2D eigenvalue weighted by Crippen LogP contribution is -2.35. The van der Waals surface area contributed by atoms with E-state index in [0.29, 0.717) is 12.6 Å². The van der Waals surface area contributed by atoms with Gasteiger partial charge in [-0.15, -0.1) is 0 Å². The van der Waals surface area contributed by atoms with Gasteiger partial charge in [0.25, 0.3) is 0 Å². The van der Waals surface area contributed by atoms with Gasteiger partial charge in [-0.3, -0.25) is 14.5 Å². The highest BCUT2D eigenvalue weighted by Crippen LogP contribution is 2.46. The molecule has 0 radical (unpaired) electrons. The summed E-state index contributed by atoms with van der Waals surface area (Å²) < 4.78 is 0. The summed E-state index contributed by atoms with van der Waals surface area (Å²) >= 11 is 0. The van der Waals surface area contributed by atoms with Crippen molar-refractivity contribution in [1.82, 2.24) is 10.2 Å². The molecule has 2 fully saturated rings. The van der Waals surface area contributed by atoms with Crippen LogP contribution in [0.1, 0.15) is 39.5 Å². The molecule has 3 atom stereocenters. The highest BCUT2D eigenvalue weighted by molar-refractivity contribution is 6.08. The summed E-state index contributed by atoms with van der Waals surface area (Å²) in [5.74, 6) is 0.268. The second-order valence-electron chi connectivity index (χ2n) is 5.08. The standard InChI is InChI=1S/C13H22N2O2/c1-3-9(14-4-2)6-5-7-15-12(16)10-8-11(10)13(15)17/h9-11,14H,3-8H2,1-2H3. The van der Waals surface area contributed by atoms with Crippen molar-refractivity contribution in [3.63, 3.8) is 0 Å². The van der Waals surface area contributed by atoms with E-state index < -0.39 is 0 Å². The van der Waals surface area contributed by atoms with E-state index in [4.69, 9.17) is 0 Å². The number of carbonyl (C=O) groups is 2. The van der Waals surface area contributed by atoms with Crippen LogP contribution in [-0.4, -0.2) is 35.8 Å². The second-order valence-corrected chi connectivity index (χ2v) is 5.08. The molecule has 17 heavy (non-hydrogen) atoms. The van der Waals surface area contributed by atoms with Crippen LogP contribution >= 0.6 is 0 Å². The molecule has 0 aromatic carbocycles. The van der Waals surface area contributed by atoms with Crippen molar-refractivity contribution in [2.75, 3.05) is 13.1 Å². The van der Waals surface area contributed by atoms with E-state index in [0.717, 1.165) is 32.2 Å². The van der Waals surface area contributed by atoms with Crippen LogP contribution < -0.4 is 5.32 Å². The predicted octanol–water partition coefficient (Wildman–Crippen LogP) is 1.16. The second kappa shape index (κ2) is 5.17. The molecule has 0 bridgehead atoms. The van der Waals surface area contributed by atoms with Gasteiger partial charge in [0.05, 0.1) is 11.8 Å². The smallest absolute Gasteiger partial charge is 0.233 e. The number of carbonyl (C=O) groups excluding carboxylic acids is 2. The summed E-state index contributed by atoms with van der Waals surface area (Å²) in [5.41, 5.74) is 0. The number of likely N-dealkylation sites (tertiary alicyclic amines) is 1. The minimum Gasteiger partial charge on any atom is -0.314 e. The van der Waals surface area contributed by atoms with Gasteiger partial charge < -0.3 is 5.32 Å². The molecule has 0 spiro atoms. The molecule has 3 unspecified atom stereocenters. The molecule has 2 aliphatic rings. The molecule has 1 N–H and O–H groups in total. The normalized spacial score (nSPS) is 28.5. The molecule has 1 aliphatic heterocycles. The number of hydrogen-bond donors (Lipinski definition) is 1. The van der Waals surface area contributed by atoms with Gasteiger partial charge in [-0.2, -0.15) is 0 Å². The molecular weight excluding hydrogens is 216 g/mol. The topological polar surface area (TPSA) is 49.4 Å². The molecule has 1 saturated carbocycles. The molecular formula is C13H22N2O2. The summed E-state index contributed by atoms with van der Waals surface area (Å²) in [5, 5.41) is 3.41. The minimum atomic E-state index is 0.0539. The lowest BCUT2D eigenvalue weighted by Gasteiger charge is -2.19. The average Bonchev–Trinajstić information content (AvgIpc) is 3.07. The summed E-state index contributed by atoms with van der Waals surface area (Å²) in [7, 11) is 0. The van der Waals surface area contributed by atoms with Gasteiger partial charge in [0.2, 0.25) is 11.8 Å². The SMILES string of the molecule is CCNC(CC)CCCN1C(=O)C2CC2C1=O. The molecule has 1 aliphatic carbocycles. The monoisotopic (exact) mass is 238 g/mol. The van der Waals surface area contributed by atoms with Crippen molar-refractivity contribution in [3.8, 4) is 0 Å². The number of nitrogens with zero attached hydrogens (tertiary/aromatic N) is 1. The Morgan fingerprint density at radius 1 is 1.29 bits per heavy atom. The van der Waals surface area contributed by atoms with E-state index in [2.05, 4.69) is 19.2 Å². The van der Waals surface area contributed by atoms with Gasteiger partial charge in [-0.1, -0.05) is 13.8 Å². The van der Waals surface area contributed by atoms with Crippen molar-refractivity contribution in [2.45, 2.75) is 45.6 Å². The van der Waals surface area contributed by atoms with Crippen molar-refractivity contribution < 1.29 is 9.59 Å². The number of rotatable bonds is 7. The molecule has 2 amide bonds. The zero-order chi connectivity index (χ0) is 12.4. The first-order valence-corrected chi connectivity index (χ1v) is 6.77. The van der Waals surface area contributed by atoms with Gasteiger partial charge in [0, 0.05) is 12.6 Å². The number of fused-ring (bicyclic) bond motifs is 1. The van der Waals surface area contributed by atoms with Crippen LogP contribution in [0.15, 0.2) is 0 Å². The Morgan fingerprint density at radius 2 is 1.94 bits per heavy atom. The molecule has 4 heteroatoms. The quantitative estimate of drug-likeness (QED) is 0.677. The van der Waals surface area contributed by atoms with Crippen molar-refractivity contribution in [1.29, 1.82) is 0 Å². The van der Waals surface area contributed by atoms with E-state index in [1.807, 2.05) is 0 Å². The van der Waals surface area contributed by atoms with Crippen LogP contribution in [0.25, 0.3) is 0 Å². The van der Waals surface area contributed by atoms with Crippen LogP contribution in [0, 0.1) is 11.8 Å². The first-order chi connectivity index (χ1) is 8.19. The Kier molecular flexibility index (Phi) is 3.82. The van der Waals surface area contributed by atoms with Crippen LogP contribution in [-0.2, 0) is 9.59 Å². The predicted molar refractivity (Wildman–Crippen MR) is 65.3 cm³/mol. The van der Waals surface area contributed by atoms with Crippen molar-refractivity contribution >= 4 is 11.8 Å². The highest BCUT2D eigenvalue weighted by Gasteiger charge is 2.58. The number of amides is 2. The molecule has 1 saturated heterocycles. The van der Waals surface area contributed by atoms with Crippen LogP contribution in [0.3, 0.4) is 0 Å². The Hall–Kier alpha value is -0.900. The minimum absolute atomic E-state index is 0.0539. The first-order valence-electron chi connectivity index (χ1n) is 6.77.